The van der Waals surface area contributed by atoms with Crippen molar-refractivity contribution in [2.45, 2.75) is 13.8 Å². The summed E-state index contributed by atoms with van der Waals surface area (Å²) < 4.78 is 0. The summed E-state index contributed by atoms with van der Waals surface area (Å²) in [6.45, 7) is 4.16. The van der Waals surface area contributed by atoms with Gasteiger partial charge in [0.15, 0.2) is 0 Å². The predicted molar refractivity (Wildman–Crippen MR) is 96.6 cm³/mol. The minimum absolute atomic E-state index is 0.135. The monoisotopic (exact) mass is 349 g/mol. The van der Waals surface area contributed by atoms with Crippen LogP contribution in [0.4, 0.5) is 5.69 Å². The molecule has 0 aromatic heterocycles. The molecule has 0 atom stereocenters. The number of rotatable bonds is 5. The molecule has 2 rings (SSSR count). The first-order valence-corrected chi connectivity index (χ1v) is 7.79. The zero-order chi connectivity index (χ0) is 16.8. The predicted octanol–water partition coefficient (Wildman–Crippen LogP) is 4.17. The van der Waals surface area contributed by atoms with Crippen molar-refractivity contribution in [1.82, 2.24) is 5.43 Å². The molecule has 0 aliphatic rings. The Morgan fingerprint density at radius 2 is 1.96 bits per heavy atom. The molecule has 0 heterocycles. The topological polar surface area (TPSA) is 53.5 Å². The first-order valence-electron chi connectivity index (χ1n) is 7.04. The highest BCUT2D eigenvalue weighted by Gasteiger charge is 2.03. The second-order valence-corrected chi connectivity index (χ2v) is 5.97. The van der Waals surface area contributed by atoms with E-state index in [9.17, 15) is 4.79 Å². The molecule has 0 aliphatic heterocycles. The third-order valence-corrected chi connectivity index (χ3v) is 3.74. The van der Waals surface area contributed by atoms with Crippen LogP contribution in [0.2, 0.25) is 10.0 Å². The number of carbonyl (C=O) groups excluding carboxylic acids is 1. The van der Waals surface area contributed by atoms with Gasteiger partial charge in [-0.15, -0.1) is 0 Å². The van der Waals surface area contributed by atoms with Crippen LogP contribution in [0.1, 0.15) is 16.7 Å². The van der Waals surface area contributed by atoms with Crippen molar-refractivity contribution in [3.05, 3.63) is 63.1 Å². The molecule has 0 spiro atoms. The molecule has 120 valence electrons. The fraction of sp³-hybridized carbons (Fsp3) is 0.176. The Labute approximate surface area is 145 Å². The molecule has 0 unspecified atom stereocenters. The summed E-state index contributed by atoms with van der Waals surface area (Å²) in [6, 6.07) is 11.1. The maximum Gasteiger partial charge on any atom is 0.259 e. The van der Waals surface area contributed by atoms with Crippen LogP contribution in [0, 0.1) is 13.8 Å². The minimum atomic E-state index is -0.244. The average molecular weight is 350 g/mol. The van der Waals surface area contributed by atoms with Gasteiger partial charge in [0.2, 0.25) is 0 Å². The Kier molecular flexibility index (Phi) is 6.02. The zero-order valence-electron chi connectivity index (χ0n) is 12.9. The Morgan fingerprint density at radius 1 is 1.17 bits per heavy atom. The largest absolute Gasteiger partial charge is 0.376 e. The average Bonchev–Trinajstić information content (AvgIpc) is 2.48. The van der Waals surface area contributed by atoms with Crippen molar-refractivity contribution in [1.29, 1.82) is 0 Å². The summed E-state index contributed by atoms with van der Waals surface area (Å²) in [5.74, 6) is -0.244. The number of amides is 1. The molecular weight excluding hydrogens is 333 g/mol. The summed E-state index contributed by atoms with van der Waals surface area (Å²) in [5, 5.41) is 7.99. The Bertz CT molecular complexity index is 745. The van der Waals surface area contributed by atoms with Gasteiger partial charge in [-0.25, -0.2) is 5.43 Å². The Balaban J connectivity index is 1.86. The second kappa shape index (κ2) is 7.99. The summed E-state index contributed by atoms with van der Waals surface area (Å²) in [5.41, 5.74) is 6.33. The maximum absolute atomic E-state index is 11.8. The van der Waals surface area contributed by atoms with E-state index in [1.165, 1.54) is 11.8 Å². The van der Waals surface area contributed by atoms with E-state index in [0.717, 1.165) is 11.3 Å². The SMILES string of the molecule is Cc1ccc(NCC(=O)N/N=C\c2ccc(Cl)cc2Cl)c(C)c1. The van der Waals surface area contributed by atoms with Crippen molar-refractivity contribution < 1.29 is 4.79 Å². The Morgan fingerprint density at radius 3 is 2.65 bits per heavy atom. The van der Waals surface area contributed by atoms with Gasteiger partial charge in [-0.2, -0.15) is 5.10 Å². The molecule has 0 radical (unpaired) electrons. The number of aryl methyl sites for hydroxylation is 2. The molecule has 2 N–H and O–H groups in total. The molecule has 6 heteroatoms. The van der Waals surface area contributed by atoms with Gasteiger partial charge in [0.1, 0.15) is 0 Å². The summed E-state index contributed by atoms with van der Waals surface area (Å²) >= 11 is 11.8. The van der Waals surface area contributed by atoms with Gasteiger partial charge >= 0.3 is 0 Å². The number of carbonyl (C=O) groups is 1. The number of hydrogen-bond donors (Lipinski definition) is 2. The fourth-order valence-electron chi connectivity index (χ4n) is 2.01. The van der Waals surface area contributed by atoms with E-state index in [-0.39, 0.29) is 12.5 Å². The number of hydrazone groups is 1. The normalized spacial score (nSPS) is 10.8. The number of hydrogen-bond acceptors (Lipinski definition) is 3. The highest BCUT2D eigenvalue weighted by molar-refractivity contribution is 6.36. The van der Waals surface area contributed by atoms with Crippen LogP contribution in [0.5, 0.6) is 0 Å². The Hall–Kier alpha value is -2.04. The van der Waals surface area contributed by atoms with E-state index in [4.69, 9.17) is 23.2 Å². The third-order valence-electron chi connectivity index (χ3n) is 3.18. The van der Waals surface area contributed by atoms with Gasteiger partial charge in [-0.3, -0.25) is 4.79 Å². The molecular formula is C17H17Cl2N3O. The summed E-state index contributed by atoms with van der Waals surface area (Å²) in [7, 11) is 0. The van der Waals surface area contributed by atoms with Gasteiger partial charge in [-0.05, 0) is 37.6 Å². The first-order chi connectivity index (χ1) is 11.0. The van der Waals surface area contributed by atoms with Crippen LogP contribution in [-0.2, 0) is 4.79 Å². The van der Waals surface area contributed by atoms with Gasteiger partial charge in [0, 0.05) is 16.3 Å². The lowest BCUT2D eigenvalue weighted by molar-refractivity contribution is -0.119. The number of nitrogens with zero attached hydrogens (tertiary/aromatic N) is 1. The molecule has 23 heavy (non-hydrogen) atoms. The molecule has 4 nitrogen and oxygen atoms in total. The van der Waals surface area contributed by atoms with Gasteiger partial charge < -0.3 is 5.32 Å². The third kappa shape index (κ3) is 5.27. The number of halogens is 2. The van der Waals surface area contributed by atoms with Gasteiger partial charge in [-0.1, -0.05) is 47.0 Å². The highest BCUT2D eigenvalue weighted by Crippen LogP contribution is 2.19. The number of benzene rings is 2. The highest BCUT2D eigenvalue weighted by atomic mass is 35.5. The van der Waals surface area contributed by atoms with Crippen LogP contribution in [0.3, 0.4) is 0 Å². The summed E-state index contributed by atoms with van der Waals surface area (Å²) in [6.07, 6.45) is 1.48. The van der Waals surface area contributed by atoms with Crippen molar-refractivity contribution in [2.75, 3.05) is 11.9 Å². The molecule has 2 aromatic rings. The van der Waals surface area contributed by atoms with Crippen LogP contribution in [-0.4, -0.2) is 18.7 Å². The van der Waals surface area contributed by atoms with E-state index in [1.54, 1.807) is 18.2 Å². The molecule has 0 fully saturated rings. The fourth-order valence-corrected chi connectivity index (χ4v) is 2.46. The molecule has 1 amide bonds. The summed E-state index contributed by atoms with van der Waals surface area (Å²) in [4.78, 5) is 11.8. The van der Waals surface area contributed by atoms with Crippen molar-refractivity contribution in [3.8, 4) is 0 Å². The number of nitrogens with one attached hydrogen (secondary N) is 2. The second-order valence-electron chi connectivity index (χ2n) is 5.13. The number of anilines is 1. The van der Waals surface area contributed by atoms with E-state index < -0.39 is 0 Å². The van der Waals surface area contributed by atoms with Crippen LogP contribution >= 0.6 is 23.2 Å². The lowest BCUT2D eigenvalue weighted by Gasteiger charge is -2.09. The van der Waals surface area contributed by atoms with E-state index in [1.807, 2.05) is 26.0 Å². The first kappa shape index (κ1) is 17.3. The minimum Gasteiger partial charge on any atom is -0.376 e. The molecule has 2 aromatic carbocycles. The van der Waals surface area contributed by atoms with Crippen molar-refractivity contribution in [2.24, 2.45) is 5.10 Å². The lowest BCUT2D eigenvalue weighted by atomic mass is 10.1. The molecule has 0 aliphatic carbocycles. The van der Waals surface area contributed by atoms with Crippen molar-refractivity contribution >= 4 is 41.0 Å². The zero-order valence-corrected chi connectivity index (χ0v) is 14.4. The van der Waals surface area contributed by atoms with Gasteiger partial charge in [0.05, 0.1) is 17.8 Å². The van der Waals surface area contributed by atoms with E-state index in [0.29, 0.717) is 15.6 Å². The molecule has 0 saturated carbocycles. The smallest absolute Gasteiger partial charge is 0.259 e. The van der Waals surface area contributed by atoms with Crippen molar-refractivity contribution in [3.63, 3.8) is 0 Å². The molecule has 0 bridgehead atoms. The van der Waals surface area contributed by atoms with Gasteiger partial charge in [0.25, 0.3) is 5.91 Å². The molecule has 0 saturated heterocycles. The van der Waals surface area contributed by atoms with E-state index in [2.05, 4.69) is 21.9 Å². The van der Waals surface area contributed by atoms with Crippen LogP contribution in [0.25, 0.3) is 0 Å². The quantitative estimate of drug-likeness (QED) is 0.628. The van der Waals surface area contributed by atoms with Crippen LogP contribution < -0.4 is 10.7 Å². The maximum atomic E-state index is 11.8. The van der Waals surface area contributed by atoms with E-state index >= 15 is 0 Å². The lowest BCUT2D eigenvalue weighted by Crippen LogP contribution is -2.26. The standard InChI is InChI=1S/C17H17Cl2N3O/c1-11-3-6-16(12(2)7-11)20-10-17(23)22-21-9-13-4-5-14(18)8-15(13)19/h3-9,20H,10H2,1-2H3,(H,22,23)/b21-9-. The van der Waals surface area contributed by atoms with Crippen LogP contribution in [0.15, 0.2) is 41.5 Å².